The van der Waals surface area contributed by atoms with Crippen molar-refractivity contribution in [2.75, 3.05) is 50.5 Å². The van der Waals surface area contributed by atoms with E-state index >= 15 is 4.39 Å². The number of ether oxygens (including phenoxy) is 2. The van der Waals surface area contributed by atoms with Gasteiger partial charge in [-0.25, -0.2) is 13.8 Å². The Morgan fingerprint density at radius 2 is 1.93 bits per heavy atom. The van der Waals surface area contributed by atoms with E-state index in [2.05, 4.69) is 21.0 Å². The van der Waals surface area contributed by atoms with Crippen LogP contribution in [0, 0.1) is 23.1 Å². The van der Waals surface area contributed by atoms with Crippen LogP contribution in [0.2, 0.25) is 5.02 Å². The number of anilines is 2. The third-order valence-corrected chi connectivity index (χ3v) is 9.09. The second-order valence-corrected chi connectivity index (χ2v) is 11.9. The molecule has 234 valence electrons. The maximum absolute atomic E-state index is 16.6. The zero-order valence-electron chi connectivity index (χ0n) is 23.7. The van der Waals surface area contributed by atoms with E-state index in [0.717, 1.165) is 26.1 Å². The van der Waals surface area contributed by atoms with Crippen LogP contribution in [-0.4, -0.2) is 71.5 Å². The Morgan fingerprint density at radius 3 is 2.61 bits per heavy atom. The number of hydrogen-bond acceptors (Lipinski definition) is 9. The molecule has 0 spiro atoms. The molecule has 5 heterocycles. The number of pyridine rings is 1. The molecule has 2 atom stereocenters. The number of nitrogens with zero attached hydrogens (tertiary/aromatic N) is 6. The van der Waals surface area contributed by atoms with Crippen LogP contribution in [0.4, 0.5) is 33.6 Å². The number of rotatable bonds is 6. The lowest BCUT2D eigenvalue weighted by Gasteiger charge is -2.32. The Kier molecular flexibility index (Phi) is 7.82. The smallest absolute Gasteiger partial charge is 0.422 e. The van der Waals surface area contributed by atoms with E-state index in [-0.39, 0.29) is 52.5 Å². The summed E-state index contributed by atoms with van der Waals surface area (Å²) in [6, 6.07) is 4.24. The van der Waals surface area contributed by atoms with E-state index in [1.807, 2.05) is 9.80 Å². The van der Waals surface area contributed by atoms with Gasteiger partial charge >= 0.3 is 12.2 Å². The third-order valence-electron chi connectivity index (χ3n) is 8.79. The van der Waals surface area contributed by atoms with Crippen molar-refractivity contribution in [3.63, 3.8) is 0 Å². The lowest BCUT2D eigenvalue weighted by molar-refractivity contribution is -0.138. The van der Waals surface area contributed by atoms with Gasteiger partial charge in [0.15, 0.2) is 5.82 Å². The van der Waals surface area contributed by atoms with Gasteiger partial charge in [-0.1, -0.05) is 11.6 Å². The Morgan fingerprint density at radius 1 is 1.18 bits per heavy atom. The van der Waals surface area contributed by atoms with Crippen molar-refractivity contribution in [2.45, 2.75) is 50.0 Å². The summed E-state index contributed by atoms with van der Waals surface area (Å²) in [5, 5.41) is 9.14. The van der Waals surface area contributed by atoms with Crippen molar-refractivity contribution in [3.8, 4) is 29.1 Å². The van der Waals surface area contributed by atoms with Crippen molar-refractivity contribution in [2.24, 2.45) is 5.92 Å². The summed E-state index contributed by atoms with van der Waals surface area (Å²) in [6.07, 6.45) is -3.05. The van der Waals surface area contributed by atoms with Gasteiger partial charge in [0.2, 0.25) is 0 Å². The Bertz CT molecular complexity index is 1640. The first-order chi connectivity index (χ1) is 20.9. The lowest BCUT2D eigenvalue weighted by Crippen LogP contribution is -2.43. The zero-order chi connectivity index (χ0) is 31.4. The Hall–Kier alpha value is -3.70. The van der Waals surface area contributed by atoms with E-state index in [1.54, 1.807) is 0 Å². The molecule has 2 N–H and O–H groups in total. The number of methoxy groups -OCH3 is 1. The van der Waals surface area contributed by atoms with Crippen LogP contribution in [0.5, 0.6) is 11.8 Å². The molecular formula is C29H29ClF5N7O2. The SMILES string of the molecule is COc1cc(N)nc(-c2c(Cl)cc3c(N4CCC(C#N)CC4)nc(OC[C@@]45CCCN4C[C@H](F)C5)nc3c2F)c1C(F)(F)F. The number of aromatic nitrogens is 3. The Balaban J connectivity index is 1.50. The van der Waals surface area contributed by atoms with E-state index in [0.29, 0.717) is 38.9 Å². The predicted octanol–water partition coefficient (Wildman–Crippen LogP) is 5.79. The number of halogens is 6. The second-order valence-electron chi connectivity index (χ2n) is 11.5. The van der Waals surface area contributed by atoms with E-state index in [9.17, 15) is 22.8 Å². The normalized spacial score (nSPS) is 22.8. The van der Waals surface area contributed by atoms with Crippen LogP contribution in [0.3, 0.4) is 0 Å². The van der Waals surface area contributed by atoms with Crippen molar-refractivity contribution in [1.29, 1.82) is 5.26 Å². The van der Waals surface area contributed by atoms with Crippen LogP contribution in [0.1, 0.15) is 37.7 Å². The molecular weight excluding hydrogens is 609 g/mol. The van der Waals surface area contributed by atoms with E-state index in [4.69, 9.17) is 26.8 Å². The number of alkyl halides is 4. The van der Waals surface area contributed by atoms with Crippen molar-refractivity contribution < 1.29 is 31.4 Å². The van der Waals surface area contributed by atoms with Gasteiger partial charge in [0.05, 0.1) is 35.0 Å². The molecule has 1 aromatic carbocycles. The van der Waals surface area contributed by atoms with Gasteiger partial charge in [-0.15, -0.1) is 0 Å². The first-order valence-corrected chi connectivity index (χ1v) is 14.6. The second kappa shape index (κ2) is 11.3. The molecule has 3 fully saturated rings. The summed E-state index contributed by atoms with van der Waals surface area (Å²) in [5.41, 5.74) is 2.05. The fourth-order valence-corrected chi connectivity index (χ4v) is 6.99. The highest BCUT2D eigenvalue weighted by Crippen LogP contribution is 2.47. The molecule has 3 saturated heterocycles. The number of piperidine rings is 1. The topological polar surface area (TPSA) is 113 Å². The molecule has 6 rings (SSSR count). The number of hydrogen-bond donors (Lipinski definition) is 1. The average Bonchev–Trinajstić information content (AvgIpc) is 3.50. The number of fused-ring (bicyclic) bond motifs is 2. The minimum atomic E-state index is -5.00. The van der Waals surface area contributed by atoms with Crippen LogP contribution in [-0.2, 0) is 6.18 Å². The molecule has 0 amide bonds. The standard InChI is InChI=1S/C29H29ClF5N7O2/c1-43-19-10-20(37)38-25(22(19)29(33,34)35)21-18(30)9-17-24(23(21)32)39-27(40-26(17)41-7-3-15(12-36)4-8-41)44-14-28-5-2-6-42(28)13-16(31)11-28/h9-10,15-16H,2-8,11,13-14H2,1H3,(H2,37,38)/t16-,28+/m1/s1. The monoisotopic (exact) mass is 637 g/mol. The van der Waals surface area contributed by atoms with E-state index in [1.165, 1.54) is 6.07 Å². The molecule has 0 aliphatic carbocycles. The molecule has 44 heavy (non-hydrogen) atoms. The minimum absolute atomic E-state index is 0.0587. The van der Waals surface area contributed by atoms with Crippen LogP contribution in [0.25, 0.3) is 22.2 Å². The van der Waals surface area contributed by atoms with Gasteiger partial charge in [-0.05, 0) is 38.3 Å². The first-order valence-electron chi connectivity index (χ1n) is 14.2. The maximum Gasteiger partial charge on any atom is 0.422 e. The number of nitrogen functional groups attached to an aromatic ring is 1. The van der Waals surface area contributed by atoms with Crippen molar-refractivity contribution in [3.05, 3.63) is 28.5 Å². The molecule has 0 bridgehead atoms. The summed E-state index contributed by atoms with van der Waals surface area (Å²) < 4.78 is 84.7. The highest BCUT2D eigenvalue weighted by atomic mass is 35.5. The Labute approximate surface area is 254 Å². The van der Waals surface area contributed by atoms with Gasteiger partial charge < -0.3 is 20.1 Å². The van der Waals surface area contributed by atoms with Gasteiger partial charge in [-0.2, -0.15) is 28.4 Å². The van der Waals surface area contributed by atoms with Gasteiger partial charge in [-0.3, -0.25) is 4.90 Å². The number of nitriles is 1. The molecule has 3 aliphatic rings. The largest absolute Gasteiger partial charge is 0.496 e. The van der Waals surface area contributed by atoms with Crippen LogP contribution < -0.4 is 20.1 Å². The van der Waals surface area contributed by atoms with Crippen LogP contribution >= 0.6 is 11.6 Å². The summed E-state index contributed by atoms with van der Waals surface area (Å²) in [5.74, 6) is -2.05. The van der Waals surface area contributed by atoms with Crippen molar-refractivity contribution >= 4 is 34.1 Å². The molecule has 15 heteroatoms. The molecule has 0 saturated carbocycles. The quantitative estimate of drug-likeness (QED) is 0.336. The number of benzene rings is 1. The van der Waals surface area contributed by atoms with E-state index < -0.39 is 46.3 Å². The molecule has 2 aromatic heterocycles. The fourth-order valence-electron chi connectivity index (χ4n) is 6.71. The molecule has 9 nitrogen and oxygen atoms in total. The summed E-state index contributed by atoms with van der Waals surface area (Å²) >= 11 is 6.51. The van der Waals surface area contributed by atoms with Gasteiger partial charge in [0.25, 0.3) is 0 Å². The fraction of sp³-hybridized carbons (Fsp3) is 0.517. The zero-order valence-corrected chi connectivity index (χ0v) is 24.5. The number of nitrogens with two attached hydrogens (primary N) is 1. The predicted molar refractivity (Wildman–Crippen MR) is 153 cm³/mol. The summed E-state index contributed by atoms with van der Waals surface area (Å²) in [6.45, 7) is 1.92. The lowest BCUT2D eigenvalue weighted by atomic mass is 9.95. The first kappa shape index (κ1) is 30.3. The highest BCUT2D eigenvalue weighted by Gasteiger charge is 2.49. The van der Waals surface area contributed by atoms with Gasteiger partial charge in [0, 0.05) is 43.4 Å². The van der Waals surface area contributed by atoms with Gasteiger partial charge in [0.1, 0.15) is 41.2 Å². The molecule has 0 radical (unpaired) electrons. The summed E-state index contributed by atoms with van der Waals surface area (Å²) in [4.78, 5) is 16.6. The minimum Gasteiger partial charge on any atom is -0.496 e. The maximum atomic E-state index is 16.6. The molecule has 3 aromatic rings. The summed E-state index contributed by atoms with van der Waals surface area (Å²) in [7, 11) is 1.03. The van der Waals surface area contributed by atoms with Crippen LogP contribution in [0.15, 0.2) is 12.1 Å². The molecule has 3 aliphatic heterocycles. The highest BCUT2D eigenvalue weighted by molar-refractivity contribution is 6.34. The van der Waals surface area contributed by atoms with Crippen molar-refractivity contribution in [1.82, 2.24) is 19.9 Å². The average molecular weight is 638 g/mol. The third kappa shape index (κ3) is 5.30. The molecule has 0 unspecified atom stereocenters.